The topological polar surface area (TPSA) is 109 Å². The number of aryl methyl sites for hydroxylation is 2. The maximum Gasteiger partial charge on any atom is 0.272 e. The van der Waals surface area contributed by atoms with Gasteiger partial charge >= 0.3 is 0 Å². The van der Waals surface area contributed by atoms with Crippen molar-refractivity contribution in [1.29, 1.82) is 5.26 Å². The zero-order chi connectivity index (χ0) is 20.7. The Morgan fingerprint density at radius 2 is 1.97 bits per heavy atom. The third kappa shape index (κ3) is 3.44. The lowest BCUT2D eigenvalue weighted by molar-refractivity contribution is 0.0923. The Morgan fingerprint density at radius 3 is 2.55 bits per heavy atom. The van der Waals surface area contributed by atoms with Crippen LogP contribution in [0.3, 0.4) is 0 Å². The number of hydrogen-bond donors (Lipinski definition) is 1. The lowest BCUT2D eigenvalue weighted by Gasteiger charge is -2.21. The largest absolute Gasteiger partial charge is 0.340 e. The Bertz CT molecular complexity index is 1120. The summed E-state index contributed by atoms with van der Waals surface area (Å²) >= 11 is 0. The summed E-state index contributed by atoms with van der Waals surface area (Å²) in [5.74, 6) is 0.832. The first-order valence-corrected chi connectivity index (χ1v) is 9.77. The number of amides is 1. The second-order valence-electron chi connectivity index (χ2n) is 7.85. The van der Waals surface area contributed by atoms with Crippen LogP contribution in [-0.4, -0.2) is 30.4 Å². The Morgan fingerprint density at radius 1 is 1.21 bits per heavy atom. The van der Waals surface area contributed by atoms with Gasteiger partial charge in [-0.15, -0.1) is 0 Å². The minimum atomic E-state index is -0.265. The van der Waals surface area contributed by atoms with Gasteiger partial charge in [0.2, 0.25) is 0 Å². The van der Waals surface area contributed by atoms with Gasteiger partial charge in [-0.3, -0.25) is 9.78 Å². The molecule has 1 amide bonds. The number of nitrogens with one attached hydrogen (secondary N) is 1. The van der Waals surface area contributed by atoms with Gasteiger partial charge in [0.25, 0.3) is 5.91 Å². The molecule has 1 N–H and O–H groups in total. The summed E-state index contributed by atoms with van der Waals surface area (Å²) in [6.07, 6.45) is 6.73. The molecule has 0 radical (unpaired) electrons. The number of hydrogen-bond acceptors (Lipinski definition) is 6. The second-order valence-corrected chi connectivity index (χ2v) is 7.85. The molecule has 3 heterocycles. The van der Waals surface area contributed by atoms with Crippen molar-refractivity contribution in [3.8, 4) is 6.07 Å². The molecule has 0 bridgehead atoms. The van der Waals surface area contributed by atoms with Gasteiger partial charge in [-0.25, -0.2) is 15.0 Å². The Labute approximate surface area is 169 Å². The molecular formula is C21H23N7O. The first kappa shape index (κ1) is 19.0. The van der Waals surface area contributed by atoms with Gasteiger partial charge in [0, 0.05) is 18.4 Å². The number of nitriles is 1. The van der Waals surface area contributed by atoms with Gasteiger partial charge in [-0.1, -0.05) is 0 Å². The van der Waals surface area contributed by atoms with E-state index in [9.17, 15) is 10.1 Å². The smallest absolute Gasteiger partial charge is 0.272 e. The number of aromatic nitrogens is 5. The predicted molar refractivity (Wildman–Crippen MR) is 107 cm³/mol. The van der Waals surface area contributed by atoms with E-state index >= 15 is 0 Å². The highest BCUT2D eigenvalue weighted by Gasteiger charge is 2.38. The molecule has 0 saturated heterocycles. The molecule has 1 saturated carbocycles. The molecule has 0 spiro atoms. The first-order chi connectivity index (χ1) is 13.9. The molecule has 8 heteroatoms. The Balaban J connectivity index is 1.78. The molecule has 0 aliphatic heterocycles. The number of pyridine rings is 1. The monoisotopic (exact) mass is 389 g/mol. The van der Waals surface area contributed by atoms with Crippen LogP contribution >= 0.6 is 0 Å². The highest BCUT2D eigenvalue weighted by Crippen LogP contribution is 2.42. The molecular weight excluding hydrogens is 366 g/mol. The zero-order valence-electron chi connectivity index (χ0n) is 17.0. The van der Waals surface area contributed by atoms with Crippen LogP contribution in [0.25, 0.3) is 11.2 Å². The third-order valence-electron chi connectivity index (χ3n) is 5.30. The van der Waals surface area contributed by atoms with Gasteiger partial charge in [-0.2, -0.15) is 5.26 Å². The molecule has 0 aromatic carbocycles. The van der Waals surface area contributed by atoms with E-state index in [1.54, 1.807) is 12.4 Å². The summed E-state index contributed by atoms with van der Waals surface area (Å²) in [7, 11) is 0. The minimum absolute atomic E-state index is 0.104. The van der Waals surface area contributed by atoms with Crippen LogP contribution in [0.15, 0.2) is 18.6 Å². The molecule has 4 rings (SSSR count). The third-order valence-corrected chi connectivity index (χ3v) is 5.30. The molecule has 0 unspecified atom stereocenters. The maximum absolute atomic E-state index is 12.8. The van der Waals surface area contributed by atoms with Gasteiger partial charge < -0.3 is 9.88 Å². The average Bonchev–Trinajstić information content (AvgIpc) is 3.46. The van der Waals surface area contributed by atoms with Gasteiger partial charge in [-0.05, 0) is 52.0 Å². The summed E-state index contributed by atoms with van der Waals surface area (Å²) in [5.41, 5.74) is 3.82. The van der Waals surface area contributed by atoms with Crippen LogP contribution in [0.5, 0.6) is 0 Å². The molecule has 148 valence electrons. The van der Waals surface area contributed by atoms with E-state index in [1.165, 1.54) is 6.20 Å². The fourth-order valence-electron chi connectivity index (χ4n) is 3.56. The molecule has 1 aliphatic rings. The van der Waals surface area contributed by atoms with E-state index in [4.69, 9.17) is 4.98 Å². The van der Waals surface area contributed by atoms with E-state index < -0.39 is 0 Å². The number of imidazole rings is 1. The SMILES string of the molecule is Cc1cnc(C(=O)N[C@H](c2nc3c(C)c(C#N)cnc3n2C(C)C)C2CC2)cn1. The van der Waals surface area contributed by atoms with E-state index in [0.717, 1.165) is 35.6 Å². The van der Waals surface area contributed by atoms with Crippen molar-refractivity contribution >= 4 is 17.1 Å². The summed E-state index contributed by atoms with van der Waals surface area (Å²) in [5, 5.41) is 12.5. The van der Waals surface area contributed by atoms with Crippen molar-refractivity contribution in [2.24, 2.45) is 5.92 Å². The van der Waals surface area contributed by atoms with E-state index in [2.05, 4.69) is 44.8 Å². The summed E-state index contributed by atoms with van der Waals surface area (Å²) in [6.45, 7) is 7.85. The normalized spacial score (nSPS) is 14.8. The predicted octanol–water partition coefficient (Wildman–Crippen LogP) is 3.17. The summed E-state index contributed by atoms with van der Waals surface area (Å²) in [6, 6.07) is 2.03. The molecule has 1 fully saturated rings. The molecule has 3 aromatic rings. The van der Waals surface area contributed by atoms with Crippen LogP contribution in [0, 0.1) is 31.1 Å². The standard InChI is InChI=1S/C21H23N7O/c1-11(2)28-19-17(13(4)15(7-22)9-25-19)26-20(28)18(14-5-6-14)27-21(29)16-10-23-12(3)8-24-16/h8-11,14,18H,5-6H2,1-4H3,(H,27,29)/t18-/m0/s1. The average molecular weight is 389 g/mol. The van der Waals surface area contributed by atoms with Gasteiger partial charge in [0.15, 0.2) is 5.65 Å². The van der Waals surface area contributed by atoms with Gasteiger partial charge in [0.1, 0.15) is 23.1 Å². The highest BCUT2D eigenvalue weighted by atomic mass is 16.2. The summed E-state index contributed by atoms with van der Waals surface area (Å²) < 4.78 is 2.06. The van der Waals surface area contributed by atoms with Crippen LogP contribution in [-0.2, 0) is 0 Å². The van der Waals surface area contributed by atoms with E-state index in [-0.39, 0.29) is 23.7 Å². The van der Waals surface area contributed by atoms with Crippen molar-refractivity contribution in [2.45, 2.75) is 52.6 Å². The molecule has 29 heavy (non-hydrogen) atoms. The fourth-order valence-corrected chi connectivity index (χ4v) is 3.56. The van der Waals surface area contributed by atoms with Crippen LogP contribution < -0.4 is 5.32 Å². The molecule has 1 atom stereocenters. The maximum atomic E-state index is 12.8. The first-order valence-electron chi connectivity index (χ1n) is 9.77. The number of nitrogens with zero attached hydrogens (tertiary/aromatic N) is 6. The van der Waals surface area contributed by atoms with Crippen LogP contribution in [0.1, 0.15) is 71.9 Å². The van der Waals surface area contributed by atoms with Gasteiger partial charge in [0.05, 0.1) is 23.5 Å². The summed E-state index contributed by atoms with van der Waals surface area (Å²) in [4.78, 5) is 30.6. The number of rotatable bonds is 5. The second kappa shape index (κ2) is 7.24. The van der Waals surface area contributed by atoms with Crippen LogP contribution in [0.2, 0.25) is 0 Å². The van der Waals surface area contributed by atoms with Crippen molar-refractivity contribution in [1.82, 2.24) is 29.8 Å². The number of carbonyl (C=O) groups excluding carboxylic acids is 1. The lowest BCUT2D eigenvalue weighted by Crippen LogP contribution is -2.33. The quantitative estimate of drug-likeness (QED) is 0.718. The van der Waals surface area contributed by atoms with E-state index in [1.807, 2.05) is 13.8 Å². The van der Waals surface area contributed by atoms with E-state index in [0.29, 0.717) is 17.0 Å². The molecule has 8 nitrogen and oxygen atoms in total. The highest BCUT2D eigenvalue weighted by molar-refractivity contribution is 5.92. The zero-order valence-corrected chi connectivity index (χ0v) is 17.0. The van der Waals surface area contributed by atoms with Crippen LogP contribution in [0.4, 0.5) is 0 Å². The number of carbonyl (C=O) groups is 1. The number of fused-ring (bicyclic) bond motifs is 1. The van der Waals surface area contributed by atoms with Crippen molar-refractivity contribution in [3.05, 3.63) is 46.9 Å². The molecule has 3 aromatic heterocycles. The van der Waals surface area contributed by atoms with Crippen molar-refractivity contribution < 1.29 is 4.79 Å². The Hall–Kier alpha value is -3.34. The fraction of sp³-hybridized carbons (Fsp3) is 0.429. The van der Waals surface area contributed by atoms with Crippen molar-refractivity contribution in [2.75, 3.05) is 0 Å². The molecule has 1 aliphatic carbocycles. The van der Waals surface area contributed by atoms with Crippen molar-refractivity contribution in [3.63, 3.8) is 0 Å². The lowest BCUT2D eigenvalue weighted by atomic mass is 10.1. The minimum Gasteiger partial charge on any atom is -0.340 e. The Kier molecular flexibility index (Phi) is 4.74.